The number of fused-ring (bicyclic) bond motifs is 1. The summed E-state index contributed by atoms with van der Waals surface area (Å²) in [6.07, 6.45) is 2.29. The summed E-state index contributed by atoms with van der Waals surface area (Å²) in [6, 6.07) is 9.14. The molecule has 1 aliphatic heterocycles. The van der Waals surface area contributed by atoms with E-state index in [-0.39, 0.29) is 12.1 Å². The van der Waals surface area contributed by atoms with Gasteiger partial charge in [-0.05, 0) is 62.8 Å². The summed E-state index contributed by atoms with van der Waals surface area (Å²) in [4.78, 5) is 22.6. The molecule has 2 aliphatic rings. The maximum atomic E-state index is 11.6. The number of hydrogen-bond acceptors (Lipinski definition) is 8. The van der Waals surface area contributed by atoms with Crippen LogP contribution in [-0.4, -0.2) is 59.5 Å². The highest BCUT2D eigenvalue weighted by atomic mass is 16.5. The van der Waals surface area contributed by atoms with E-state index in [1.165, 1.54) is 7.11 Å². The molecule has 1 aromatic carbocycles. The molecule has 2 heterocycles. The zero-order valence-corrected chi connectivity index (χ0v) is 18.2. The van der Waals surface area contributed by atoms with Gasteiger partial charge in [-0.15, -0.1) is 0 Å². The number of aliphatic hydroxyl groups is 1. The molecular weight excluding hydrogens is 396 g/mol. The summed E-state index contributed by atoms with van der Waals surface area (Å²) >= 11 is 0. The zero-order valence-electron chi connectivity index (χ0n) is 18.2. The van der Waals surface area contributed by atoms with Gasteiger partial charge in [-0.1, -0.05) is 0 Å². The van der Waals surface area contributed by atoms with Gasteiger partial charge in [0.15, 0.2) is 0 Å². The van der Waals surface area contributed by atoms with Crippen LogP contribution >= 0.6 is 0 Å². The monoisotopic (exact) mass is 426 g/mol. The van der Waals surface area contributed by atoms with Gasteiger partial charge in [0, 0.05) is 25.2 Å². The molecule has 8 heteroatoms. The van der Waals surface area contributed by atoms with Crippen LogP contribution in [-0.2, 0) is 4.74 Å². The summed E-state index contributed by atoms with van der Waals surface area (Å²) in [5.74, 6) is 2.84. The lowest BCUT2D eigenvalue weighted by atomic mass is 9.78. The molecule has 0 bridgehead atoms. The van der Waals surface area contributed by atoms with E-state index in [0.717, 1.165) is 31.1 Å². The highest BCUT2D eigenvalue weighted by Crippen LogP contribution is 2.39. The predicted octanol–water partition coefficient (Wildman–Crippen LogP) is 2.74. The predicted molar refractivity (Wildman–Crippen MR) is 117 cm³/mol. The van der Waals surface area contributed by atoms with Crippen molar-refractivity contribution in [1.82, 2.24) is 9.97 Å². The number of ether oxygens (including phenoxy) is 2. The lowest BCUT2D eigenvalue weighted by molar-refractivity contribution is -0.0231. The molecule has 4 atom stereocenters. The number of carbonyl (C=O) groups excluding carboxylic acids is 1. The smallest absolute Gasteiger partial charge is 0.337 e. The van der Waals surface area contributed by atoms with E-state index < -0.39 is 6.10 Å². The van der Waals surface area contributed by atoms with Crippen molar-refractivity contribution in [3.05, 3.63) is 42.2 Å². The fraction of sp³-hybridized carbons (Fsp3) is 0.522. The summed E-state index contributed by atoms with van der Waals surface area (Å²) in [6.45, 7) is 5.92. The van der Waals surface area contributed by atoms with E-state index in [0.29, 0.717) is 35.6 Å². The van der Waals surface area contributed by atoms with Crippen molar-refractivity contribution in [1.29, 1.82) is 0 Å². The van der Waals surface area contributed by atoms with E-state index in [2.05, 4.69) is 34.0 Å². The Kier molecular flexibility index (Phi) is 6.27. The molecule has 2 N–H and O–H groups in total. The van der Waals surface area contributed by atoms with Crippen LogP contribution < -0.4 is 15.0 Å². The Balaban J connectivity index is 1.39. The minimum atomic E-state index is -0.523. The van der Waals surface area contributed by atoms with Gasteiger partial charge >= 0.3 is 5.97 Å². The third kappa shape index (κ3) is 4.90. The topological polar surface area (TPSA) is 96.8 Å². The average molecular weight is 427 g/mol. The number of nitrogens with zero attached hydrogens (tertiary/aromatic N) is 3. The Morgan fingerprint density at radius 3 is 2.55 bits per heavy atom. The standard InChI is InChI=1S/C23H30N4O4/c1-14(2)26-21-10-22(25-13-24-21)27-11-16-8-19(28)20(9-17(16)12-27)31-18-6-4-15(5-7-18)23(29)30-3/h4-7,10,13-14,16-17,19-20,28H,8-9,11-12H2,1-3H3,(H,24,25,26)/t16-,17+,19-,20-/m0/s1. The van der Waals surface area contributed by atoms with Crippen molar-refractivity contribution < 1.29 is 19.4 Å². The Hall–Kier alpha value is -2.87. The van der Waals surface area contributed by atoms with Crippen LogP contribution in [0.5, 0.6) is 5.75 Å². The normalized spacial score (nSPS) is 25.3. The number of methoxy groups -OCH3 is 1. The van der Waals surface area contributed by atoms with Gasteiger partial charge in [0.1, 0.15) is 29.8 Å². The zero-order chi connectivity index (χ0) is 22.0. The third-order valence-electron chi connectivity index (χ3n) is 6.06. The molecule has 0 amide bonds. The average Bonchev–Trinajstić information content (AvgIpc) is 3.16. The number of esters is 1. The van der Waals surface area contributed by atoms with E-state index in [4.69, 9.17) is 9.47 Å². The Morgan fingerprint density at radius 1 is 1.16 bits per heavy atom. The fourth-order valence-corrected chi connectivity index (χ4v) is 4.56. The summed E-state index contributed by atoms with van der Waals surface area (Å²) in [5.41, 5.74) is 0.474. The van der Waals surface area contributed by atoms with Crippen molar-refractivity contribution in [2.45, 2.75) is 44.9 Å². The van der Waals surface area contributed by atoms with Gasteiger partial charge < -0.3 is 24.8 Å². The first-order valence-corrected chi connectivity index (χ1v) is 10.8. The second kappa shape index (κ2) is 9.09. The summed E-state index contributed by atoms with van der Waals surface area (Å²) in [7, 11) is 1.36. The SMILES string of the molecule is COC(=O)c1ccc(O[C@H]2C[C@@H]3CN(c4cc(NC(C)C)ncn4)C[C@@H]3C[C@@H]2O)cc1. The number of nitrogens with one attached hydrogen (secondary N) is 1. The number of benzene rings is 1. The maximum absolute atomic E-state index is 11.6. The molecule has 1 aliphatic carbocycles. The maximum Gasteiger partial charge on any atom is 0.337 e. The molecular formula is C23H30N4O4. The number of rotatable bonds is 6. The molecule has 0 radical (unpaired) electrons. The lowest BCUT2D eigenvalue weighted by Crippen LogP contribution is -2.42. The van der Waals surface area contributed by atoms with E-state index in [1.807, 2.05) is 6.07 Å². The number of aromatic nitrogens is 2. The molecule has 1 saturated heterocycles. The first-order valence-electron chi connectivity index (χ1n) is 10.8. The van der Waals surface area contributed by atoms with Gasteiger partial charge in [0.25, 0.3) is 0 Å². The first-order chi connectivity index (χ1) is 14.9. The third-order valence-corrected chi connectivity index (χ3v) is 6.06. The van der Waals surface area contributed by atoms with E-state index in [9.17, 15) is 9.90 Å². The van der Waals surface area contributed by atoms with Crippen molar-refractivity contribution in [2.24, 2.45) is 11.8 Å². The molecule has 1 saturated carbocycles. The van der Waals surface area contributed by atoms with E-state index in [1.54, 1.807) is 30.6 Å². The number of anilines is 2. The number of hydrogen-bond donors (Lipinski definition) is 2. The molecule has 8 nitrogen and oxygen atoms in total. The first kappa shape index (κ1) is 21.4. The molecule has 4 rings (SSSR count). The van der Waals surface area contributed by atoms with Crippen LogP contribution in [0, 0.1) is 11.8 Å². The van der Waals surface area contributed by atoms with Crippen molar-refractivity contribution in [2.75, 3.05) is 30.4 Å². The van der Waals surface area contributed by atoms with Crippen LogP contribution in [0.15, 0.2) is 36.7 Å². The largest absolute Gasteiger partial charge is 0.488 e. The minimum Gasteiger partial charge on any atom is -0.488 e. The highest BCUT2D eigenvalue weighted by Gasteiger charge is 2.43. The van der Waals surface area contributed by atoms with Crippen molar-refractivity contribution in [3.63, 3.8) is 0 Å². The van der Waals surface area contributed by atoms with Gasteiger partial charge in [-0.25, -0.2) is 14.8 Å². The van der Waals surface area contributed by atoms with Crippen LogP contribution in [0.25, 0.3) is 0 Å². The molecule has 0 unspecified atom stereocenters. The van der Waals surface area contributed by atoms with Crippen molar-refractivity contribution >= 4 is 17.6 Å². The minimum absolute atomic E-state index is 0.270. The molecule has 0 spiro atoms. The molecule has 2 fully saturated rings. The van der Waals surface area contributed by atoms with Gasteiger partial charge in [-0.3, -0.25) is 0 Å². The molecule has 1 aromatic heterocycles. The van der Waals surface area contributed by atoms with Gasteiger partial charge in [0.2, 0.25) is 0 Å². The second-order valence-electron chi connectivity index (χ2n) is 8.70. The number of aliphatic hydroxyl groups excluding tert-OH is 1. The van der Waals surface area contributed by atoms with Gasteiger partial charge in [-0.2, -0.15) is 0 Å². The second-order valence-corrected chi connectivity index (χ2v) is 8.70. The quantitative estimate of drug-likeness (QED) is 0.681. The van der Waals surface area contributed by atoms with Crippen LogP contribution in [0.2, 0.25) is 0 Å². The van der Waals surface area contributed by atoms with E-state index >= 15 is 0 Å². The number of carbonyl (C=O) groups is 1. The highest BCUT2D eigenvalue weighted by molar-refractivity contribution is 5.89. The van der Waals surface area contributed by atoms with Gasteiger partial charge in [0.05, 0.1) is 18.8 Å². The van der Waals surface area contributed by atoms with Crippen LogP contribution in [0.3, 0.4) is 0 Å². The summed E-state index contributed by atoms with van der Waals surface area (Å²) < 4.78 is 10.8. The van der Waals surface area contributed by atoms with Crippen LogP contribution in [0.1, 0.15) is 37.0 Å². The molecule has 31 heavy (non-hydrogen) atoms. The fourth-order valence-electron chi connectivity index (χ4n) is 4.56. The Bertz CT molecular complexity index is 905. The molecule has 166 valence electrons. The molecule has 2 aromatic rings. The van der Waals surface area contributed by atoms with Crippen LogP contribution in [0.4, 0.5) is 11.6 Å². The van der Waals surface area contributed by atoms with Crippen molar-refractivity contribution in [3.8, 4) is 5.75 Å². The Labute approximate surface area is 182 Å². The lowest BCUT2D eigenvalue weighted by Gasteiger charge is -2.35. The summed E-state index contributed by atoms with van der Waals surface area (Å²) in [5, 5.41) is 14.0. The Morgan fingerprint density at radius 2 is 1.87 bits per heavy atom.